The number of rotatable bonds is 2. The third-order valence-electron chi connectivity index (χ3n) is 2.78. The van der Waals surface area contributed by atoms with Crippen LogP contribution in [-0.2, 0) is 0 Å². The van der Waals surface area contributed by atoms with Gasteiger partial charge in [-0.05, 0) is 34.5 Å². The van der Waals surface area contributed by atoms with E-state index in [0.717, 1.165) is 5.56 Å². The maximum absolute atomic E-state index is 10.8. The van der Waals surface area contributed by atoms with Gasteiger partial charge < -0.3 is 19.1 Å². The molecule has 0 fully saturated rings. The molecule has 19 heavy (non-hydrogen) atoms. The van der Waals surface area contributed by atoms with Crippen LogP contribution in [0.5, 0.6) is 11.5 Å². The van der Waals surface area contributed by atoms with Gasteiger partial charge in [-0.1, -0.05) is 5.16 Å². The second-order valence-electron chi connectivity index (χ2n) is 4.00. The number of hydrogen-bond donors (Lipinski definition) is 1. The van der Waals surface area contributed by atoms with E-state index in [9.17, 15) is 4.79 Å². The zero-order chi connectivity index (χ0) is 13.6. The van der Waals surface area contributed by atoms with Crippen molar-refractivity contribution >= 4 is 21.9 Å². The molecule has 1 N–H and O–H groups in total. The fraction of sp³-hybridized carbons (Fsp3) is 0.167. The smallest absolute Gasteiger partial charge is 0.358 e. The fourth-order valence-corrected chi connectivity index (χ4v) is 2.74. The third-order valence-corrected chi connectivity index (χ3v) is 3.53. The highest BCUT2D eigenvalue weighted by atomic mass is 79.9. The highest BCUT2D eigenvalue weighted by Crippen LogP contribution is 2.46. The molecule has 0 unspecified atom stereocenters. The zero-order valence-electron chi connectivity index (χ0n) is 9.77. The van der Waals surface area contributed by atoms with Gasteiger partial charge in [-0.3, -0.25) is 0 Å². The molecule has 1 aromatic heterocycles. The van der Waals surface area contributed by atoms with Crippen molar-refractivity contribution in [2.75, 3.05) is 6.79 Å². The highest BCUT2D eigenvalue weighted by Gasteiger charge is 2.25. The van der Waals surface area contributed by atoms with Crippen molar-refractivity contribution in [2.45, 2.75) is 6.92 Å². The molecular weight excluding hydrogens is 318 g/mol. The fourth-order valence-electron chi connectivity index (χ4n) is 1.92. The minimum Gasteiger partial charge on any atom is -0.476 e. The standard InChI is InChI=1S/C12H8BrNO5/c1-5-2-8-11(18-4-17-8)10(13)9(5)7-3-6(12(15)16)14-19-7/h2-3H,4H2,1H3,(H,15,16). The van der Waals surface area contributed by atoms with Crippen molar-refractivity contribution in [3.63, 3.8) is 0 Å². The lowest BCUT2D eigenvalue weighted by molar-refractivity contribution is 0.0686. The van der Waals surface area contributed by atoms with E-state index in [-0.39, 0.29) is 12.5 Å². The molecule has 7 heteroatoms. The molecule has 0 spiro atoms. The normalized spacial score (nSPS) is 12.7. The minimum absolute atomic E-state index is 0.140. The van der Waals surface area contributed by atoms with E-state index in [1.807, 2.05) is 13.0 Å². The molecule has 98 valence electrons. The Morgan fingerprint density at radius 1 is 1.42 bits per heavy atom. The first-order valence-electron chi connectivity index (χ1n) is 5.37. The van der Waals surface area contributed by atoms with Crippen molar-refractivity contribution in [3.05, 3.63) is 27.9 Å². The van der Waals surface area contributed by atoms with Crippen LogP contribution in [0.25, 0.3) is 11.3 Å². The van der Waals surface area contributed by atoms with Gasteiger partial charge in [0, 0.05) is 11.6 Å². The Balaban J connectivity index is 2.16. The Morgan fingerprint density at radius 3 is 2.89 bits per heavy atom. The van der Waals surface area contributed by atoms with E-state index in [1.165, 1.54) is 6.07 Å². The van der Waals surface area contributed by atoms with Gasteiger partial charge in [0.15, 0.2) is 23.0 Å². The van der Waals surface area contributed by atoms with Crippen LogP contribution in [0.15, 0.2) is 21.1 Å². The lowest BCUT2D eigenvalue weighted by atomic mass is 10.1. The molecule has 1 aliphatic rings. The summed E-state index contributed by atoms with van der Waals surface area (Å²) in [5.41, 5.74) is 1.42. The number of ether oxygens (including phenoxy) is 2. The molecule has 3 rings (SSSR count). The number of carboxylic acid groups (broad SMARTS) is 1. The Bertz CT molecular complexity index is 679. The van der Waals surface area contributed by atoms with E-state index in [2.05, 4.69) is 21.1 Å². The summed E-state index contributed by atoms with van der Waals surface area (Å²) in [5, 5.41) is 12.4. The average Bonchev–Trinajstić information content (AvgIpc) is 2.97. The summed E-state index contributed by atoms with van der Waals surface area (Å²) in [7, 11) is 0. The van der Waals surface area contributed by atoms with Crippen LogP contribution in [0.2, 0.25) is 0 Å². The molecule has 0 saturated heterocycles. The van der Waals surface area contributed by atoms with Gasteiger partial charge in [0.2, 0.25) is 6.79 Å². The van der Waals surface area contributed by atoms with Gasteiger partial charge >= 0.3 is 5.97 Å². The number of halogens is 1. The molecule has 0 aliphatic carbocycles. The van der Waals surface area contributed by atoms with Crippen LogP contribution < -0.4 is 9.47 Å². The van der Waals surface area contributed by atoms with Crippen molar-refractivity contribution in [1.82, 2.24) is 5.16 Å². The van der Waals surface area contributed by atoms with Gasteiger partial charge in [-0.15, -0.1) is 0 Å². The summed E-state index contributed by atoms with van der Waals surface area (Å²) in [6, 6.07) is 3.18. The number of carbonyl (C=O) groups is 1. The van der Waals surface area contributed by atoms with Gasteiger partial charge in [0.1, 0.15) is 0 Å². The van der Waals surface area contributed by atoms with Crippen LogP contribution in [0.3, 0.4) is 0 Å². The highest BCUT2D eigenvalue weighted by molar-refractivity contribution is 9.10. The van der Waals surface area contributed by atoms with Crippen molar-refractivity contribution in [1.29, 1.82) is 0 Å². The van der Waals surface area contributed by atoms with Gasteiger partial charge in [0.05, 0.1) is 4.47 Å². The van der Waals surface area contributed by atoms with Gasteiger partial charge in [-0.2, -0.15) is 0 Å². The first kappa shape index (κ1) is 12.0. The predicted molar refractivity (Wildman–Crippen MR) is 67.5 cm³/mol. The van der Waals surface area contributed by atoms with E-state index < -0.39 is 5.97 Å². The SMILES string of the molecule is Cc1cc2c(c(Br)c1-c1cc(C(=O)O)no1)OCO2. The summed E-state index contributed by atoms with van der Waals surface area (Å²) >= 11 is 3.43. The van der Waals surface area contributed by atoms with E-state index in [0.29, 0.717) is 27.3 Å². The zero-order valence-corrected chi connectivity index (χ0v) is 11.4. The lowest BCUT2D eigenvalue weighted by Crippen LogP contribution is -1.94. The second-order valence-corrected chi connectivity index (χ2v) is 4.79. The van der Waals surface area contributed by atoms with Crippen molar-refractivity contribution < 1.29 is 23.9 Å². The van der Waals surface area contributed by atoms with Crippen LogP contribution in [0.1, 0.15) is 16.1 Å². The number of nitrogens with zero attached hydrogens (tertiary/aromatic N) is 1. The monoisotopic (exact) mass is 325 g/mol. The number of benzene rings is 1. The maximum Gasteiger partial charge on any atom is 0.358 e. The molecule has 1 aliphatic heterocycles. The topological polar surface area (TPSA) is 81.8 Å². The summed E-state index contributed by atoms with van der Waals surface area (Å²) in [6.45, 7) is 2.03. The quantitative estimate of drug-likeness (QED) is 0.914. The molecule has 0 bridgehead atoms. The number of carboxylic acids is 1. The molecule has 2 aromatic rings. The van der Waals surface area contributed by atoms with Crippen molar-refractivity contribution in [3.8, 4) is 22.8 Å². The van der Waals surface area contributed by atoms with Crippen LogP contribution in [0, 0.1) is 6.92 Å². The number of aryl methyl sites for hydroxylation is 1. The summed E-state index contributed by atoms with van der Waals surface area (Å²) in [6.07, 6.45) is 0. The van der Waals surface area contributed by atoms with E-state index in [1.54, 1.807) is 0 Å². The summed E-state index contributed by atoms with van der Waals surface area (Å²) < 4.78 is 16.4. The van der Waals surface area contributed by atoms with Crippen LogP contribution in [0.4, 0.5) is 0 Å². The number of fused-ring (bicyclic) bond motifs is 1. The van der Waals surface area contributed by atoms with Crippen LogP contribution in [-0.4, -0.2) is 23.0 Å². The number of hydrogen-bond acceptors (Lipinski definition) is 5. The Morgan fingerprint density at radius 2 is 2.21 bits per heavy atom. The minimum atomic E-state index is -1.13. The third kappa shape index (κ3) is 1.86. The van der Waals surface area contributed by atoms with E-state index in [4.69, 9.17) is 19.1 Å². The molecule has 6 nitrogen and oxygen atoms in total. The Hall–Kier alpha value is -2.02. The maximum atomic E-state index is 10.8. The molecule has 0 amide bonds. The summed E-state index contributed by atoms with van der Waals surface area (Å²) in [4.78, 5) is 10.8. The number of aromatic nitrogens is 1. The van der Waals surface area contributed by atoms with Gasteiger partial charge in [-0.25, -0.2) is 4.79 Å². The molecule has 0 atom stereocenters. The molecular formula is C12H8BrNO5. The van der Waals surface area contributed by atoms with Crippen LogP contribution >= 0.6 is 15.9 Å². The predicted octanol–water partition coefficient (Wildman–Crippen LogP) is 2.84. The Kier molecular flexibility index (Phi) is 2.70. The molecule has 2 heterocycles. The first-order chi connectivity index (χ1) is 9.08. The summed E-state index contributed by atoms with van der Waals surface area (Å²) in [5.74, 6) is 0.449. The van der Waals surface area contributed by atoms with Crippen molar-refractivity contribution in [2.24, 2.45) is 0 Å². The second kappa shape index (κ2) is 4.27. The molecule has 0 saturated carbocycles. The number of aromatic carboxylic acids is 1. The average molecular weight is 326 g/mol. The largest absolute Gasteiger partial charge is 0.476 e. The Labute approximate surface area is 116 Å². The lowest BCUT2D eigenvalue weighted by Gasteiger charge is -2.07. The molecule has 0 radical (unpaired) electrons. The molecule has 1 aromatic carbocycles. The van der Waals surface area contributed by atoms with E-state index >= 15 is 0 Å². The van der Waals surface area contributed by atoms with Gasteiger partial charge in [0.25, 0.3) is 0 Å². The first-order valence-corrected chi connectivity index (χ1v) is 6.16.